The summed E-state index contributed by atoms with van der Waals surface area (Å²) in [6.45, 7) is 10.1. The van der Waals surface area contributed by atoms with E-state index in [9.17, 15) is 9.59 Å². The molecular weight excluding hydrogens is 533 g/mol. The number of benzene rings is 2. The monoisotopic (exact) mass is 567 g/mol. The summed E-state index contributed by atoms with van der Waals surface area (Å²) in [6, 6.07) is 14.4. The van der Waals surface area contributed by atoms with Crippen molar-refractivity contribution < 1.29 is 14.3 Å². The molecule has 0 bridgehead atoms. The molecule has 0 aromatic heterocycles. The van der Waals surface area contributed by atoms with Gasteiger partial charge in [-0.05, 0) is 76.6 Å². The fraction of sp³-hybridized carbons (Fsp3) is 0.375. The lowest BCUT2D eigenvalue weighted by molar-refractivity contribution is -0.121. The van der Waals surface area contributed by atoms with Crippen LogP contribution in [0.3, 0.4) is 0 Å². The second-order valence-corrected chi connectivity index (χ2v) is 8.69. The number of carbonyl (C=O) groups is 2. The van der Waals surface area contributed by atoms with Crippen LogP contribution in [0.2, 0.25) is 0 Å². The maximum Gasteiger partial charge on any atom is 0.248 e. The molecule has 0 saturated heterocycles. The van der Waals surface area contributed by atoms with Crippen molar-refractivity contribution in [2.45, 2.75) is 52.8 Å². The molecule has 0 unspecified atom stereocenters. The molecule has 9 heteroatoms. The Balaban J connectivity index is 0.00000544. The molecule has 5 N–H and O–H groups in total. The largest absolute Gasteiger partial charge is 0.491 e. The van der Waals surface area contributed by atoms with E-state index in [1.165, 1.54) is 0 Å². The lowest BCUT2D eigenvalue weighted by Gasteiger charge is -2.21. The molecule has 0 heterocycles. The average Bonchev–Trinajstić information content (AvgIpc) is 2.70. The van der Waals surface area contributed by atoms with Crippen LogP contribution in [0.4, 0.5) is 5.69 Å². The van der Waals surface area contributed by atoms with Crippen molar-refractivity contribution in [2.75, 3.05) is 11.9 Å². The van der Waals surface area contributed by atoms with Crippen LogP contribution < -0.4 is 26.4 Å². The number of nitrogens with zero attached hydrogens (tertiary/aromatic N) is 1. The van der Waals surface area contributed by atoms with Crippen molar-refractivity contribution in [3.63, 3.8) is 0 Å². The molecule has 180 valence electrons. The molecule has 0 aliphatic rings. The summed E-state index contributed by atoms with van der Waals surface area (Å²) in [5, 5.41) is 9.18. The first-order valence-electron chi connectivity index (χ1n) is 10.5. The first kappa shape index (κ1) is 28.2. The molecule has 33 heavy (non-hydrogen) atoms. The number of hydrogen-bond acceptors (Lipinski definition) is 4. The van der Waals surface area contributed by atoms with Gasteiger partial charge in [-0.1, -0.05) is 12.1 Å². The minimum absolute atomic E-state index is 0. The van der Waals surface area contributed by atoms with Gasteiger partial charge in [0.1, 0.15) is 5.75 Å². The van der Waals surface area contributed by atoms with E-state index in [0.29, 0.717) is 18.1 Å². The summed E-state index contributed by atoms with van der Waals surface area (Å²) in [5.74, 6) is 0.610. The number of nitrogens with one attached hydrogen (secondary N) is 3. The number of halogens is 1. The van der Waals surface area contributed by atoms with Crippen LogP contribution in [-0.2, 0) is 11.3 Å². The standard InChI is InChI=1S/C24H33N5O3.HI/c1-16(2)32-20-12-10-19(11-13-20)28-23(27-15-21(30)29-24(3,4)5)26-14-17-6-8-18(9-7-17)22(25)31;/h6-13,16H,14-15H2,1-5H3,(H2,25,31)(H,29,30)(H2,26,27,28);1H. The van der Waals surface area contributed by atoms with Crippen molar-refractivity contribution in [3.05, 3.63) is 59.7 Å². The fourth-order valence-electron chi connectivity index (χ4n) is 2.74. The van der Waals surface area contributed by atoms with Crippen molar-refractivity contribution >= 4 is 47.4 Å². The third kappa shape index (κ3) is 11.0. The number of ether oxygens (including phenoxy) is 1. The lowest BCUT2D eigenvalue weighted by atomic mass is 10.1. The van der Waals surface area contributed by atoms with Gasteiger partial charge in [0.25, 0.3) is 0 Å². The Morgan fingerprint density at radius 2 is 1.64 bits per heavy atom. The molecule has 2 rings (SSSR count). The van der Waals surface area contributed by atoms with E-state index in [4.69, 9.17) is 10.5 Å². The molecule has 2 aromatic rings. The van der Waals surface area contributed by atoms with Gasteiger partial charge in [0.15, 0.2) is 5.96 Å². The summed E-state index contributed by atoms with van der Waals surface area (Å²) in [7, 11) is 0. The number of aliphatic imine (C=N–C) groups is 1. The van der Waals surface area contributed by atoms with Gasteiger partial charge in [-0.25, -0.2) is 4.99 Å². The third-order valence-electron chi connectivity index (χ3n) is 4.08. The zero-order valence-corrected chi connectivity index (χ0v) is 22.1. The molecule has 0 radical (unpaired) electrons. The predicted molar refractivity (Wildman–Crippen MR) is 143 cm³/mol. The molecule has 0 atom stereocenters. The highest BCUT2D eigenvalue weighted by molar-refractivity contribution is 14.0. The van der Waals surface area contributed by atoms with Crippen LogP contribution in [0.1, 0.15) is 50.5 Å². The van der Waals surface area contributed by atoms with Crippen molar-refractivity contribution in [2.24, 2.45) is 10.7 Å². The van der Waals surface area contributed by atoms with Crippen LogP contribution >= 0.6 is 24.0 Å². The van der Waals surface area contributed by atoms with Gasteiger partial charge < -0.3 is 26.4 Å². The number of anilines is 1. The molecule has 2 amide bonds. The van der Waals surface area contributed by atoms with Crippen molar-refractivity contribution in [3.8, 4) is 5.75 Å². The molecule has 2 aromatic carbocycles. The van der Waals surface area contributed by atoms with Crippen molar-refractivity contribution in [1.82, 2.24) is 10.6 Å². The second-order valence-electron chi connectivity index (χ2n) is 8.69. The number of carbonyl (C=O) groups excluding carboxylic acids is 2. The van der Waals surface area contributed by atoms with Crippen LogP contribution in [0, 0.1) is 0 Å². The van der Waals surface area contributed by atoms with Crippen LogP contribution in [0.15, 0.2) is 53.5 Å². The smallest absolute Gasteiger partial charge is 0.248 e. The van der Waals surface area contributed by atoms with E-state index >= 15 is 0 Å². The third-order valence-corrected chi connectivity index (χ3v) is 4.08. The van der Waals surface area contributed by atoms with E-state index in [1.807, 2.05) is 58.9 Å². The van der Waals surface area contributed by atoms with E-state index in [0.717, 1.165) is 17.0 Å². The van der Waals surface area contributed by atoms with E-state index in [2.05, 4.69) is 20.9 Å². The number of hydrogen-bond donors (Lipinski definition) is 4. The van der Waals surface area contributed by atoms with Crippen LogP contribution in [0.25, 0.3) is 0 Å². The number of guanidine groups is 1. The molecule has 0 spiro atoms. The van der Waals surface area contributed by atoms with Gasteiger partial charge in [-0.3, -0.25) is 9.59 Å². The Bertz CT molecular complexity index is 936. The molecule has 0 aliphatic carbocycles. The SMILES string of the molecule is CC(C)Oc1ccc(NC(=NCc2ccc(C(N)=O)cc2)NCC(=O)NC(C)(C)C)cc1.I. The maximum absolute atomic E-state index is 12.2. The predicted octanol–water partition coefficient (Wildman–Crippen LogP) is 3.66. The van der Waals surface area contributed by atoms with Gasteiger partial charge in [-0.15, -0.1) is 24.0 Å². The summed E-state index contributed by atoms with van der Waals surface area (Å²) in [5.41, 5.74) is 7.11. The normalized spacial score (nSPS) is 11.4. The fourth-order valence-corrected chi connectivity index (χ4v) is 2.74. The van der Waals surface area contributed by atoms with Gasteiger partial charge in [-0.2, -0.15) is 0 Å². The van der Waals surface area contributed by atoms with Gasteiger partial charge in [0, 0.05) is 16.8 Å². The van der Waals surface area contributed by atoms with E-state index in [-0.39, 0.29) is 48.1 Å². The number of amides is 2. The summed E-state index contributed by atoms with van der Waals surface area (Å²) in [4.78, 5) is 28.0. The van der Waals surface area contributed by atoms with Gasteiger partial charge >= 0.3 is 0 Å². The molecule has 8 nitrogen and oxygen atoms in total. The molecule has 0 fully saturated rings. The van der Waals surface area contributed by atoms with E-state index in [1.54, 1.807) is 24.3 Å². The van der Waals surface area contributed by atoms with Crippen LogP contribution in [-0.4, -0.2) is 36.0 Å². The Hall–Kier alpha value is -2.82. The highest BCUT2D eigenvalue weighted by Gasteiger charge is 2.14. The second kappa shape index (κ2) is 13.0. The molecule has 0 aliphatic heterocycles. The Morgan fingerprint density at radius 1 is 1.03 bits per heavy atom. The van der Waals surface area contributed by atoms with Crippen LogP contribution in [0.5, 0.6) is 5.75 Å². The van der Waals surface area contributed by atoms with Gasteiger partial charge in [0.2, 0.25) is 11.8 Å². The molecular formula is C24H34IN5O3. The summed E-state index contributed by atoms with van der Waals surface area (Å²) < 4.78 is 5.67. The quantitative estimate of drug-likeness (QED) is 0.221. The highest BCUT2D eigenvalue weighted by atomic mass is 127. The first-order chi connectivity index (χ1) is 15.0. The number of primary amides is 1. The van der Waals surface area contributed by atoms with Gasteiger partial charge in [0.05, 0.1) is 19.2 Å². The Morgan fingerprint density at radius 3 is 2.15 bits per heavy atom. The molecule has 0 saturated carbocycles. The average molecular weight is 567 g/mol. The zero-order chi connectivity index (χ0) is 23.7. The van der Waals surface area contributed by atoms with E-state index < -0.39 is 5.91 Å². The Labute approximate surface area is 212 Å². The maximum atomic E-state index is 12.2. The first-order valence-corrected chi connectivity index (χ1v) is 10.5. The summed E-state index contributed by atoms with van der Waals surface area (Å²) in [6.07, 6.45) is 0.0925. The lowest BCUT2D eigenvalue weighted by Crippen LogP contribution is -2.46. The number of rotatable bonds is 8. The topological polar surface area (TPSA) is 118 Å². The highest BCUT2D eigenvalue weighted by Crippen LogP contribution is 2.17. The summed E-state index contributed by atoms with van der Waals surface area (Å²) >= 11 is 0. The Kier molecular flexibility index (Phi) is 11.1. The minimum atomic E-state index is -0.473. The number of nitrogens with two attached hydrogens (primary N) is 1. The van der Waals surface area contributed by atoms with Crippen molar-refractivity contribution in [1.29, 1.82) is 0 Å². The zero-order valence-electron chi connectivity index (χ0n) is 19.8. The minimum Gasteiger partial charge on any atom is -0.491 e.